The SMILES string of the molecule is O=C1N/C(=C/c2ccc(Sc3ccc(Cl)cc3)s2)C(=O)N1c1ccccc1. The lowest BCUT2D eigenvalue weighted by Gasteiger charge is -2.10. The number of para-hydroxylation sites is 1. The number of nitrogens with one attached hydrogen (secondary N) is 1. The molecule has 0 aliphatic carbocycles. The summed E-state index contributed by atoms with van der Waals surface area (Å²) in [5.74, 6) is -0.355. The van der Waals surface area contributed by atoms with Crippen LogP contribution in [-0.2, 0) is 4.79 Å². The molecule has 0 spiro atoms. The molecule has 4 rings (SSSR count). The zero-order chi connectivity index (χ0) is 18.8. The molecule has 0 unspecified atom stereocenters. The molecule has 1 fully saturated rings. The molecule has 3 aromatic rings. The van der Waals surface area contributed by atoms with Crippen LogP contribution in [0.15, 0.2) is 81.5 Å². The van der Waals surface area contributed by atoms with Gasteiger partial charge in [-0.15, -0.1) is 11.3 Å². The Morgan fingerprint density at radius 1 is 0.963 bits per heavy atom. The van der Waals surface area contributed by atoms with Gasteiger partial charge in [0.25, 0.3) is 5.91 Å². The van der Waals surface area contributed by atoms with Gasteiger partial charge >= 0.3 is 6.03 Å². The summed E-state index contributed by atoms with van der Waals surface area (Å²) in [6, 6.07) is 20.0. The van der Waals surface area contributed by atoms with Crippen LogP contribution in [-0.4, -0.2) is 11.9 Å². The number of imide groups is 1. The minimum atomic E-state index is -0.440. The quantitative estimate of drug-likeness (QED) is 0.445. The van der Waals surface area contributed by atoms with Gasteiger partial charge in [0.2, 0.25) is 0 Å². The van der Waals surface area contributed by atoms with Crippen LogP contribution in [0, 0.1) is 0 Å². The van der Waals surface area contributed by atoms with Crippen molar-refractivity contribution in [3.63, 3.8) is 0 Å². The lowest BCUT2D eigenvalue weighted by Crippen LogP contribution is -2.30. The van der Waals surface area contributed by atoms with Crippen LogP contribution < -0.4 is 10.2 Å². The van der Waals surface area contributed by atoms with Gasteiger partial charge in [0, 0.05) is 14.8 Å². The fraction of sp³-hybridized carbons (Fsp3) is 0. The van der Waals surface area contributed by atoms with Crippen molar-refractivity contribution >= 4 is 58.4 Å². The number of carbonyl (C=O) groups excluding carboxylic acids is 2. The van der Waals surface area contributed by atoms with Crippen molar-refractivity contribution in [2.75, 3.05) is 4.90 Å². The minimum Gasteiger partial charge on any atom is -0.302 e. The summed E-state index contributed by atoms with van der Waals surface area (Å²) < 4.78 is 1.08. The van der Waals surface area contributed by atoms with Crippen molar-refractivity contribution in [2.45, 2.75) is 9.10 Å². The monoisotopic (exact) mass is 412 g/mol. The van der Waals surface area contributed by atoms with Crippen LogP contribution in [0.5, 0.6) is 0 Å². The van der Waals surface area contributed by atoms with Crippen LogP contribution in [0.2, 0.25) is 5.02 Å². The summed E-state index contributed by atoms with van der Waals surface area (Å²) in [7, 11) is 0. The number of benzene rings is 2. The fourth-order valence-corrected chi connectivity index (χ4v) is 4.77. The molecule has 4 nitrogen and oxygen atoms in total. The molecule has 0 bridgehead atoms. The highest BCUT2D eigenvalue weighted by Gasteiger charge is 2.34. The van der Waals surface area contributed by atoms with Gasteiger partial charge in [-0.05, 0) is 54.6 Å². The Bertz CT molecular complexity index is 1030. The van der Waals surface area contributed by atoms with Crippen molar-refractivity contribution < 1.29 is 9.59 Å². The summed E-state index contributed by atoms with van der Waals surface area (Å²) in [5, 5.41) is 3.35. The highest BCUT2D eigenvalue weighted by molar-refractivity contribution is 8.01. The van der Waals surface area contributed by atoms with E-state index in [0.29, 0.717) is 10.7 Å². The molecule has 0 atom stereocenters. The van der Waals surface area contributed by atoms with Gasteiger partial charge in [0.05, 0.1) is 9.90 Å². The molecule has 1 aliphatic rings. The van der Waals surface area contributed by atoms with Gasteiger partial charge < -0.3 is 5.32 Å². The Morgan fingerprint density at radius 3 is 2.44 bits per heavy atom. The van der Waals surface area contributed by atoms with E-state index in [1.54, 1.807) is 53.4 Å². The summed E-state index contributed by atoms with van der Waals surface area (Å²) in [6.07, 6.45) is 1.71. The molecule has 0 saturated carbocycles. The molecule has 1 saturated heterocycles. The third kappa shape index (κ3) is 3.93. The van der Waals surface area contributed by atoms with E-state index in [4.69, 9.17) is 11.6 Å². The Balaban J connectivity index is 1.52. The van der Waals surface area contributed by atoms with Gasteiger partial charge in [-0.2, -0.15) is 0 Å². The Hall–Kier alpha value is -2.54. The number of urea groups is 1. The number of carbonyl (C=O) groups is 2. The predicted octanol–water partition coefficient (Wildman–Crippen LogP) is 5.65. The highest BCUT2D eigenvalue weighted by Crippen LogP contribution is 2.35. The van der Waals surface area contributed by atoms with Crippen molar-refractivity contribution in [1.29, 1.82) is 0 Å². The molecule has 7 heteroatoms. The average molecular weight is 413 g/mol. The second kappa shape index (κ2) is 7.60. The van der Waals surface area contributed by atoms with Gasteiger partial charge in [0.15, 0.2) is 0 Å². The first-order chi connectivity index (χ1) is 13.1. The van der Waals surface area contributed by atoms with Crippen LogP contribution in [0.1, 0.15) is 4.88 Å². The topological polar surface area (TPSA) is 49.4 Å². The average Bonchev–Trinajstić information content (AvgIpc) is 3.22. The first-order valence-corrected chi connectivity index (χ1v) is 10.1. The van der Waals surface area contributed by atoms with E-state index in [9.17, 15) is 9.59 Å². The molecule has 2 heterocycles. The van der Waals surface area contributed by atoms with Crippen molar-refractivity contribution in [2.24, 2.45) is 0 Å². The number of halogens is 1. The molecular formula is C20H13ClN2O2S2. The summed E-state index contributed by atoms with van der Waals surface area (Å²) in [4.78, 5) is 27.9. The lowest BCUT2D eigenvalue weighted by molar-refractivity contribution is -0.113. The van der Waals surface area contributed by atoms with Gasteiger partial charge in [-0.25, -0.2) is 9.69 Å². The van der Waals surface area contributed by atoms with Crippen LogP contribution in [0.4, 0.5) is 10.5 Å². The predicted molar refractivity (Wildman–Crippen MR) is 110 cm³/mol. The standard InChI is InChI=1S/C20H13ClN2O2S2/c21-13-6-8-15(9-7-13)26-18-11-10-16(27-18)12-17-19(24)23(20(25)22-17)14-4-2-1-3-5-14/h1-12H,(H,22,25)/b17-12+. The number of thiophene rings is 1. The van der Waals surface area contributed by atoms with Crippen LogP contribution >= 0.6 is 34.7 Å². The largest absolute Gasteiger partial charge is 0.333 e. The maximum atomic E-state index is 12.6. The third-order valence-electron chi connectivity index (χ3n) is 3.81. The Kier molecular flexibility index (Phi) is 5.03. The van der Waals surface area contributed by atoms with Gasteiger partial charge in [-0.1, -0.05) is 41.6 Å². The number of nitrogens with zero attached hydrogens (tertiary/aromatic N) is 1. The van der Waals surface area contributed by atoms with Crippen molar-refractivity contribution in [3.8, 4) is 0 Å². The van der Waals surface area contributed by atoms with E-state index in [1.165, 1.54) is 0 Å². The van der Waals surface area contributed by atoms with E-state index in [0.717, 1.165) is 18.9 Å². The Labute approximate surface area is 169 Å². The van der Waals surface area contributed by atoms with E-state index >= 15 is 0 Å². The molecular weight excluding hydrogens is 400 g/mol. The van der Waals surface area contributed by atoms with Gasteiger partial charge in [-0.3, -0.25) is 4.79 Å². The second-order valence-corrected chi connectivity index (χ2v) is 8.60. The zero-order valence-corrected chi connectivity index (χ0v) is 16.3. The van der Waals surface area contributed by atoms with Crippen molar-refractivity contribution in [1.82, 2.24) is 5.32 Å². The van der Waals surface area contributed by atoms with Gasteiger partial charge in [0.1, 0.15) is 5.70 Å². The second-order valence-electron chi connectivity index (χ2n) is 5.68. The van der Waals surface area contributed by atoms with E-state index < -0.39 is 6.03 Å². The number of anilines is 1. The number of hydrogen-bond donors (Lipinski definition) is 1. The summed E-state index contributed by atoms with van der Waals surface area (Å²) in [5.41, 5.74) is 0.822. The molecule has 0 radical (unpaired) electrons. The molecule has 2 aromatic carbocycles. The number of amides is 3. The third-order valence-corrected chi connectivity index (χ3v) is 6.24. The number of hydrogen-bond acceptors (Lipinski definition) is 4. The Morgan fingerprint density at radius 2 is 1.70 bits per heavy atom. The summed E-state index contributed by atoms with van der Waals surface area (Å²) >= 11 is 9.08. The zero-order valence-electron chi connectivity index (χ0n) is 13.9. The highest BCUT2D eigenvalue weighted by atomic mass is 35.5. The smallest absolute Gasteiger partial charge is 0.302 e. The molecule has 1 aromatic heterocycles. The molecule has 3 amide bonds. The molecule has 1 N–H and O–H groups in total. The number of rotatable bonds is 4. The first kappa shape index (κ1) is 17.9. The van der Waals surface area contributed by atoms with E-state index in [1.807, 2.05) is 42.5 Å². The maximum absolute atomic E-state index is 12.6. The first-order valence-electron chi connectivity index (χ1n) is 8.05. The minimum absolute atomic E-state index is 0.272. The summed E-state index contributed by atoms with van der Waals surface area (Å²) in [6.45, 7) is 0. The molecule has 1 aliphatic heterocycles. The molecule has 134 valence electrons. The molecule has 27 heavy (non-hydrogen) atoms. The van der Waals surface area contributed by atoms with E-state index in [-0.39, 0.29) is 11.6 Å². The normalized spacial score (nSPS) is 15.4. The fourth-order valence-electron chi connectivity index (χ4n) is 2.57. The van der Waals surface area contributed by atoms with Crippen LogP contribution in [0.3, 0.4) is 0 Å². The lowest BCUT2D eigenvalue weighted by atomic mass is 10.3. The van der Waals surface area contributed by atoms with Crippen molar-refractivity contribution in [3.05, 3.63) is 82.3 Å². The van der Waals surface area contributed by atoms with E-state index in [2.05, 4.69) is 5.32 Å². The maximum Gasteiger partial charge on any atom is 0.333 e. The van der Waals surface area contributed by atoms with Crippen LogP contribution in [0.25, 0.3) is 6.08 Å².